The maximum absolute atomic E-state index is 13.0. The van der Waals surface area contributed by atoms with Gasteiger partial charge in [-0.3, -0.25) is 4.98 Å². The predicted octanol–water partition coefficient (Wildman–Crippen LogP) is 2.64. The van der Waals surface area contributed by atoms with Crippen molar-refractivity contribution >= 4 is 0 Å². The lowest BCUT2D eigenvalue weighted by molar-refractivity contribution is 0.176. The topological polar surface area (TPSA) is 33.1 Å². The van der Waals surface area contributed by atoms with Crippen molar-refractivity contribution in [3.63, 3.8) is 0 Å². The van der Waals surface area contributed by atoms with Crippen LogP contribution in [-0.4, -0.2) is 10.1 Å². The zero-order valence-corrected chi connectivity index (χ0v) is 8.98. The Morgan fingerprint density at radius 1 is 1.12 bits per heavy atom. The van der Waals surface area contributed by atoms with Crippen molar-refractivity contribution in [2.75, 3.05) is 0 Å². The number of hydrogen-bond donors (Lipinski definition) is 1. The van der Waals surface area contributed by atoms with Crippen LogP contribution in [0.25, 0.3) is 0 Å². The third-order valence-corrected chi connectivity index (χ3v) is 2.46. The van der Waals surface area contributed by atoms with Crippen LogP contribution in [0, 0.1) is 11.6 Å². The average Bonchev–Trinajstić information content (AvgIpc) is 2.34. The minimum atomic E-state index is -0.956. The van der Waals surface area contributed by atoms with E-state index >= 15 is 0 Å². The SMILES string of the molecule is OC(Cc1ccccn1)c1ccc(F)c(F)c1. The number of pyridine rings is 1. The Morgan fingerprint density at radius 2 is 1.94 bits per heavy atom. The van der Waals surface area contributed by atoms with Crippen LogP contribution < -0.4 is 0 Å². The molecule has 0 bridgehead atoms. The highest BCUT2D eigenvalue weighted by Gasteiger charge is 2.11. The van der Waals surface area contributed by atoms with Gasteiger partial charge in [0.2, 0.25) is 0 Å². The second-order valence-electron chi connectivity index (χ2n) is 3.71. The van der Waals surface area contributed by atoms with Crippen LogP contribution in [0.2, 0.25) is 0 Å². The summed E-state index contributed by atoms with van der Waals surface area (Å²) < 4.78 is 25.7. The van der Waals surface area contributed by atoms with Gasteiger partial charge in [-0.05, 0) is 29.8 Å². The molecule has 1 heterocycles. The van der Waals surface area contributed by atoms with E-state index in [4.69, 9.17) is 0 Å². The Balaban J connectivity index is 2.14. The van der Waals surface area contributed by atoms with Gasteiger partial charge in [-0.1, -0.05) is 12.1 Å². The maximum Gasteiger partial charge on any atom is 0.159 e. The van der Waals surface area contributed by atoms with Gasteiger partial charge in [0.15, 0.2) is 11.6 Å². The van der Waals surface area contributed by atoms with Gasteiger partial charge in [-0.25, -0.2) is 8.78 Å². The lowest BCUT2D eigenvalue weighted by Crippen LogP contribution is -2.04. The Hall–Kier alpha value is -1.81. The molecule has 0 aliphatic heterocycles. The Kier molecular flexibility index (Phi) is 3.44. The third kappa shape index (κ3) is 2.85. The molecular formula is C13H11F2NO. The average molecular weight is 235 g/mol. The minimum absolute atomic E-state index is 0.270. The highest BCUT2D eigenvalue weighted by Crippen LogP contribution is 2.19. The molecule has 88 valence electrons. The largest absolute Gasteiger partial charge is 0.388 e. The molecule has 0 saturated heterocycles. The van der Waals surface area contributed by atoms with E-state index in [1.165, 1.54) is 6.07 Å². The second kappa shape index (κ2) is 5.01. The summed E-state index contributed by atoms with van der Waals surface area (Å²) in [5.41, 5.74) is 1.04. The van der Waals surface area contributed by atoms with Crippen LogP contribution >= 0.6 is 0 Å². The smallest absolute Gasteiger partial charge is 0.159 e. The zero-order valence-electron chi connectivity index (χ0n) is 8.98. The van der Waals surface area contributed by atoms with E-state index in [1.54, 1.807) is 24.4 Å². The highest BCUT2D eigenvalue weighted by molar-refractivity contribution is 5.21. The summed E-state index contributed by atoms with van der Waals surface area (Å²) >= 11 is 0. The molecule has 0 aliphatic rings. The van der Waals surface area contributed by atoms with E-state index in [9.17, 15) is 13.9 Å². The first-order valence-corrected chi connectivity index (χ1v) is 5.20. The van der Waals surface area contributed by atoms with Gasteiger partial charge in [0.1, 0.15) is 0 Å². The molecule has 2 rings (SSSR count). The van der Waals surface area contributed by atoms with Crippen molar-refractivity contribution in [2.24, 2.45) is 0 Å². The normalized spacial score (nSPS) is 12.4. The molecular weight excluding hydrogens is 224 g/mol. The number of aliphatic hydroxyl groups excluding tert-OH is 1. The van der Waals surface area contributed by atoms with Crippen molar-refractivity contribution in [3.8, 4) is 0 Å². The van der Waals surface area contributed by atoms with E-state index in [0.717, 1.165) is 12.1 Å². The predicted molar refractivity (Wildman–Crippen MR) is 59.3 cm³/mol. The fourth-order valence-electron chi connectivity index (χ4n) is 1.55. The molecule has 2 nitrogen and oxygen atoms in total. The minimum Gasteiger partial charge on any atom is -0.388 e. The molecule has 17 heavy (non-hydrogen) atoms. The maximum atomic E-state index is 13.0. The molecule has 1 aromatic carbocycles. The highest BCUT2D eigenvalue weighted by atomic mass is 19.2. The first-order chi connectivity index (χ1) is 8.16. The van der Waals surface area contributed by atoms with Crippen molar-refractivity contribution in [3.05, 3.63) is 65.5 Å². The standard InChI is InChI=1S/C13H11F2NO/c14-11-5-4-9(7-12(11)15)13(17)8-10-3-1-2-6-16-10/h1-7,13,17H,8H2. The van der Waals surface area contributed by atoms with Crippen LogP contribution in [0.1, 0.15) is 17.4 Å². The molecule has 0 saturated carbocycles. The lowest BCUT2D eigenvalue weighted by atomic mass is 10.0. The summed E-state index contributed by atoms with van der Waals surface area (Å²) in [7, 11) is 0. The van der Waals surface area contributed by atoms with E-state index < -0.39 is 17.7 Å². The fourth-order valence-corrected chi connectivity index (χ4v) is 1.55. The first kappa shape index (κ1) is 11.7. The molecule has 0 fully saturated rings. The van der Waals surface area contributed by atoms with E-state index in [0.29, 0.717) is 11.3 Å². The van der Waals surface area contributed by atoms with Crippen LogP contribution in [0.5, 0.6) is 0 Å². The molecule has 1 aromatic heterocycles. The quantitative estimate of drug-likeness (QED) is 0.887. The van der Waals surface area contributed by atoms with Crippen LogP contribution in [0.15, 0.2) is 42.6 Å². The van der Waals surface area contributed by atoms with Crippen molar-refractivity contribution in [1.82, 2.24) is 4.98 Å². The number of halogens is 2. The monoisotopic (exact) mass is 235 g/mol. The lowest BCUT2D eigenvalue weighted by Gasteiger charge is -2.10. The molecule has 0 radical (unpaired) electrons. The van der Waals surface area contributed by atoms with E-state index in [1.807, 2.05) is 0 Å². The Bertz CT molecular complexity index is 502. The summed E-state index contributed by atoms with van der Waals surface area (Å²) in [6.07, 6.45) is 0.999. The summed E-state index contributed by atoms with van der Waals surface area (Å²) in [4.78, 5) is 4.06. The molecule has 0 aliphatic carbocycles. The fraction of sp³-hybridized carbons (Fsp3) is 0.154. The molecule has 0 spiro atoms. The number of benzene rings is 1. The van der Waals surface area contributed by atoms with Crippen molar-refractivity contribution in [2.45, 2.75) is 12.5 Å². The van der Waals surface area contributed by atoms with Gasteiger partial charge >= 0.3 is 0 Å². The van der Waals surface area contributed by atoms with Crippen LogP contribution in [-0.2, 0) is 6.42 Å². The van der Waals surface area contributed by atoms with Gasteiger partial charge in [0, 0.05) is 18.3 Å². The Labute approximate surface area is 97.6 Å². The summed E-state index contributed by atoms with van der Waals surface area (Å²) in [6, 6.07) is 8.72. The van der Waals surface area contributed by atoms with Crippen molar-refractivity contribution in [1.29, 1.82) is 0 Å². The molecule has 1 unspecified atom stereocenters. The van der Waals surface area contributed by atoms with Crippen LogP contribution in [0.4, 0.5) is 8.78 Å². The van der Waals surface area contributed by atoms with Crippen LogP contribution in [0.3, 0.4) is 0 Å². The first-order valence-electron chi connectivity index (χ1n) is 5.20. The van der Waals surface area contributed by atoms with Gasteiger partial charge in [0.25, 0.3) is 0 Å². The summed E-state index contributed by atoms with van der Waals surface area (Å²) in [6.45, 7) is 0. The van der Waals surface area contributed by atoms with Gasteiger partial charge < -0.3 is 5.11 Å². The van der Waals surface area contributed by atoms with Crippen molar-refractivity contribution < 1.29 is 13.9 Å². The van der Waals surface area contributed by atoms with E-state index in [2.05, 4.69) is 4.98 Å². The number of aromatic nitrogens is 1. The second-order valence-corrected chi connectivity index (χ2v) is 3.71. The van der Waals surface area contributed by atoms with Gasteiger partial charge in [0.05, 0.1) is 6.10 Å². The number of nitrogens with zero attached hydrogens (tertiary/aromatic N) is 1. The number of rotatable bonds is 3. The molecule has 0 amide bonds. The van der Waals surface area contributed by atoms with Gasteiger partial charge in [-0.2, -0.15) is 0 Å². The zero-order chi connectivity index (χ0) is 12.3. The molecule has 1 atom stereocenters. The summed E-state index contributed by atoms with van der Waals surface area (Å²) in [5, 5.41) is 9.86. The van der Waals surface area contributed by atoms with E-state index in [-0.39, 0.29) is 6.42 Å². The summed E-state index contributed by atoms with van der Waals surface area (Å²) in [5.74, 6) is -1.87. The van der Waals surface area contributed by atoms with Gasteiger partial charge in [-0.15, -0.1) is 0 Å². The third-order valence-electron chi connectivity index (χ3n) is 2.46. The number of hydrogen-bond acceptors (Lipinski definition) is 2. The Morgan fingerprint density at radius 3 is 2.59 bits per heavy atom. The molecule has 1 N–H and O–H groups in total. The molecule has 4 heteroatoms. The number of aliphatic hydroxyl groups is 1. The molecule has 2 aromatic rings.